The Balaban J connectivity index is 1.87. The van der Waals surface area contributed by atoms with Gasteiger partial charge in [0.2, 0.25) is 0 Å². The largest absolute Gasteiger partial charge is 0.481 e. The highest BCUT2D eigenvalue weighted by molar-refractivity contribution is 5.70. The summed E-state index contributed by atoms with van der Waals surface area (Å²) in [5.41, 5.74) is 2.67. The summed E-state index contributed by atoms with van der Waals surface area (Å²) >= 11 is 0. The van der Waals surface area contributed by atoms with Crippen LogP contribution in [0.25, 0.3) is 0 Å². The predicted octanol–water partition coefficient (Wildman–Crippen LogP) is 4.10. The molecule has 0 spiro atoms. The smallest absolute Gasteiger partial charge is 0.306 e. The Labute approximate surface area is 127 Å². The van der Waals surface area contributed by atoms with Gasteiger partial charge in [0, 0.05) is 12.1 Å². The molecule has 0 bridgehead atoms. The summed E-state index contributed by atoms with van der Waals surface area (Å²) in [6, 6.07) is 9.59. The molecule has 0 amide bonds. The molecule has 1 atom stereocenters. The van der Waals surface area contributed by atoms with Crippen molar-refractivity contribution in [2.24, 2.45) is 5.92 Å². The quantitative estimate of drug-likeness (QED) is 0.858. The van der Waals surface area contributed by atoms with Crippen LogP contribution in [0.3, 0.4) is 0 Å². The summed E-state index contributed by atoms with van der Waals surface area (Å²) < 4.78 is 0. The molecular weight excluding hydrogens is 262 g/mol. The van der Waals surface area contributed by atoms with Gasteiger partial charge in [-0.05, 0) is 49.7 Å². The van der Waals surface area contributed by atoms with E-state index in [-0.39, 0.29) is 5.92 Å². The van der Waals surface area contributed by atoms with Crippen molar-refractivity contribution in [3.05, 3.63) is 35.4 Å². The second-order valence-electron chi connectivity index (χ2n) is 6.60. The molecule has 0 saturated heterocycles. The third kappa shape index (κ3) is 4.31. The number of carbonyl (C=O) groups is 1. The van der Waals surface area contributed by atoms with Gasteiger partial charge < -0.3 is 10.4 Å². The number of hydrogen-bond donors (Lipinski definition) is 2. The second kappa shape index (κ2) is 7.08. The zero-order chi connectivity index (χ0) is 15.4. The molecule has 1 aliphatic rings. The van der Waals surface area contributed by atoms with Gasteiger partial charge in [-0.2, -0.15) is 0 Å². The lowest BCUT2D eigenvalue weighted by atomic mass is 9.85. The zero-order valence-electron chi connectivity index (χ0n) is 13.3. The first-order chi connectivity index (χ1) is 9.97. The fourth-order valence-corrected chi connectivity index (χ4v) is 3.13. The van der Waals surface area contributed by atoms with Gasteiger partial charge in [0.05, 0.1) is 5.92 Å². The maximum atomic E-state index is 11.0. The van der Waals surface area contributed by atoms with Gasteiger partial charge in [-0.15, -0.1) is 0 Å². The molecule has 0 radical (unpaired) electrons. The molecule has 0 heterocycles. The summed E-state index contributed by atoms with van der Waals surface area (Å²) in [7, 11) is 0. The lowest BCUT2D eigenvalue weighted by molar-refractivity contribution is -0.142. The Hall–Kier alpha value is -1.35. The lowest BCUT2D eigenvalue weighted by Crippen LogP contribution is -2.36. The van der Waals surface area contributed by atoms with E-state index in [2.05, 4.69) is 50.4 Å². The first-order valence-electron chi connectivity index (χ1n) is 8.06. The Kier molecular flexibility index (Phi) is 5.40. The summed E-state index contributed by atoms with van der Waals surface area (Å²) in [5.74, 6) is -0.205. The fourth-order valence-electron chi connectivity index (χ4n) is 3.13. The van der Waals surface area contributed by atoms with E-state index in [0.717, 1.165) is 25.7 Å². The minimum absolute atomic E-state index is 0.135. The molecule has 3 nitrogen and oxygen atoms in total. The third-order valence-electron chi connectivity index (χ3n) is 4.67. The molecule has 1 saturated carbocycles. The van der Waals surface area contributed by atoms with Crippen molar-refractivity contribution in [2.75, 3.05) is 0 Å². The first-order valence-corrected chi connectivity index (χ1v) is 8.06. The van der Waals surface area contributed by atoms with Crippen LogP contribution in [0, 0.1) is 5.92 Å². The van der Waals surface area contributed by atoms with Crippen molar-refractivity contribution < 1.29 is 9.90 Å². The fraction of sp³-hybridized carbons (Fsp3) is 0.611. The van der Waals surface area contributed by atoms with E-state index in [1.165, 1.54) is 11.1 Å². The second-order valence-corrected chi connectivity index (χ2v) is 6.60. The highest BCUT2D eigenvalue weighted by atomic mass is 16.4. The molecule has 2 rings (SSSR count). The van der Waals surface area contributed by atoms with Crippen molar-refractivity contribution in [2.45, 2.75) is 64.5 Å². The molecule has 0 aromatic heterocycles. The van der Waals surface area contributed by atoms with Crippen LogP contribution < -0.4 is 5.32 Å². The summed E-state index contributed by atoms with van der Waals surface area (Å²) in [5, 5.41) is 12.7. The van der Waals surface area contributed by atoms with Crippen LogP contribution in [0.4, 0.5) is 0 Å². The summed E-state index contributed by atoms with van der Waals surface area (Å²) in [4.78, 5) is 11.0. The molecule has 3 heteroatoms. The van der Waals surface area contributed by atoms with Crippen LogP contribution in [0.2, 0.25) is 0 Å². The van der Waals surface area contributed by atoms with Crippen LogP contribution in [-0.2, 0) is 4.79 Å². The Morgan fingerprint density at radius 3 is 2.05 bits per heavy atom. The molecule has 1 aromatic rings. The van der Waals surface area contributed by atoms with E-state index in [0.29, 0.717) is 18.0 Å². The van der Waals surface area contributed by atoms with E-state index in [1.54, 1.807) is 0 Å². The normalized spacial score (nSPS) is 24.0. The van der Waals surface area contributed by atoms with Crippen LogP contribution in [-0.4, -0.2) is 17.1 Å². The average Bonchev–Trinajstić information content (AvgIpc) is 2.47. The molecule has 116 valence electrons. The number of carboxylic acids is 1. The third-order valence-corrected chi connectivity index (χ3v) is 4.67. The van der Waals surface area contributed by atoms with E-state index in [1.807, 2.05) is 0 Å². The van der Waals surface area contributed by atoms with Crippen molar-refractivity contribution in [3.63, 3.8) is 0 Å². The van der Waals surface area contributed by atoms with Crippen molar-refractivity contribution in [3.8, 4) is 0 Å². The highest BCUT2D eigenvalue weighted by Crippen LogP contribution is 2.26. The van der Waals surface area contributed by atoms with E-state index < -0.39 is 5.97 Å². The lowest BCUT2D eigenvalue weighted by Gasteiger charge is -2.29. The van der Waals surface area contributed by atoms with E-state index in [9.17, 15) is 4.79 Å². The van der Waals surface area contributed by atoms with Crippen LogP contribution in [0.15, 0.2) is 24.3 Å². The molecular formula is C18H27NO2. The Morgan fingerprint density at radius 1 is 1.05 bits per heavy atom. The van der Waals surface area contributed by atoms with Crippen LogP contribution >= 0.6 is 0 Å². The molecule has 0 aliphatic heterocycles. The number of carboxylic acid groups (broad SMARTS) is 1. The average molecular weight is 289 g/mol. The number of benzene rings is 1. The van der Waals surface area contributed by atoms with E-state index >= 15 is 0 Å². The van der Waals surface area contributed by atoms with Gasteiger partial charge >= 0.3 is 5.97 Å². The van der Waals surface area contributed by atoms with Gasteiger partial charge in [-0.1, -0.05) is 38.1 Å². The minimum atomic E-state index is -0.634. The van der Waals surface area contributed by atoms with Gasteiger partial charge in [-0.3, -0.25) is 4.79 Å². The minimum Gasteiger partial charge on any atom is -0.481 e. The standard InChI is InChI=1S/C18H27NO2/c1-12(2)14-4-6-15(7-5-14)13(3)19-17-10-8-16(9-11-17)18(20)21/h4-7,12-13,16-17,19H,8-11H2,1-3H3,(H,20,21). The van der Waals surface area contributed by atoms with Crippen molar-refractivity contribution in [1.29, 1.82) is 0 Å². The summed E-state index contributed by atoms with van der Waals surface area (Å²) in [6.45, 7) is 6.60. The van der Waals surface area contributed by atoms with Gasteiger partial charge in [0.1, 0.15) is 0 Å². The zero-order valence-corrected chi connectivity index (χ0v) is 13.3. The molecule has 1 unspecified atom stereocenters. The maximum absolute atomic E-state index is 11.0. The SMILES string of the molecule is CC(C)c1ccc(C(C)NC2CCC(C(=O)O)CC2)cc1. The summed E-state index contributed by atoms with van der Waals surface area (Å²) in [6.07, 6.45) is 3.52. The monoisotopic (exact) mass is 289 g/mol. The number of hydrogen-bond acceptors (Lipinski definition) is 2. The van der Waals surface area contributed by atoms with Gasteiger partial charge in [0.25, 0.3) is 0 Å². The van der Waals surface area contributed by atoms with Crippen molar-refractivity contribution in [1.82, 2.24) is 5.32 Å². The van der Waals surface area contributed by atoms with Crippen molar-refractivity contribution >= 4 is 5.97 Å². The van der Waals surface area contributed by atoms with E-state index in [4.69, 9.17) is 5.11 Å². The van der Waals surface area contributed by atoms with Crippen LogP contribution in [0.1, 0.15) is 69.5 Å². The van der Waals surface area contributed by atoms with Crippen LogP contribution in [0.5, 0.6) is 0 Å². The molecule has 1 aliphatic carbocycles. The highest BCUT2D eigenvalue weighted by Gasteiger charge is 2.26. The van der Waals surface area contributed by atoms with Gasteiger partial charge in [0.15, 0.2) is 0 Å². The number of rotatable bonds is 5. The molecule has 1 aromatic carbocycles. The number of nitrogens with one attached hydrogen (secondary N) is 1. The van der Waals surface area contributed by atoms with Gasteiger partial charge in [-0.25, -0.2) is 0 Å². The topological polar surface area (TPSA) is 49.3 Å². The maximum Gasteiger partial charge on any atom is 0.306 e. The molecule has 1 fully saturated rings. The Bertz CT molecular complexity index is 459. The first kappa shape index (κ1) is 16.0. The Morgan fingerprint density at radius 2 is 1.57 bits per heavy atom. The predicted molar refractivity (Wildman–Crippen MR) is 85.5 cm³/mol. The molecule has 2 N–H and O–H groups in total. The number of aliphatic carboxylic acids is 1. The molecule has 21 heavy (non-hydrogen) atoms.